The zero-order valence-corrected chi connectivity index (χ0v) is 15.0. The number of hydrogen-bond acceptors (Lipinski definition) is 2. The first-order valence-corrected chi connectivity index (χ1v) is 8.92. The molecule has 1 aliphatic heterocycles. The number of carbonyl (C=O) groups excluding carboxylic acids is 1. The highest BCUT2D eigenvalue weighted by Crippen LogP contribution is 2.31. The number of rotatable bonds is 3. The molecule has 23 heavy (non-hydrogen) atoms. The molecular weight excluding hydrogens is 376 g/mol. The average Bonchev–Trinajstić information content (AvgIpc) is 2.56. The van der Waals surface area contributed by atoms with Gasteiger partial charge in [-0.3, -0.25) is 4.79 Å². The fourth-order valence-electron chi connectivity index (χ4n) is 2.78. The minimum absolute atomic E-state index is 0.140. The molecule has 1 amide bonds. The number of nitrogens with one attached hydrogen (secondary N) is 1. The molecule has 1 aliphatic rings. The third kappa shape index (κ3) is 4.06. The van der Waals surface area contributed by atoms with E-state index in [4.69, 9.17) is 11.6 Å². The molecule has 120 valence electrons. The van der Waals surface area contributed by atoms with Crippen LogP contribution in [-0.2, 0) is 0 Å². The average molecular weight is 394 g/mol. The molecule has 2 aromatic carbocycles. The van der Waals surface area contributed by atoms with E-state index in [9.17, 15) is 4.79 Å². The lowest BCUT2D eigenvalue weighted by molar-refractivity contribution is 0.102. The van der Waals surface area contributed by atoms with Crippen LogP contribution in [0.2, 0.25) is 5.02 Å². The van der Waals surface area contributed by atoms with E-state index in [-0.39, 0.29) is 5.91 Å². The first-order chi connectivity index (χ1) is 11.1. The Balaban J connectivity index is 1.72. The quantitative estimate of drug-likeness (QED) is 0.763. The molecule has 0 radical (unpaired) electrons. The van der Waals surface area contributed by atoms with Crippen molar-refractivity contribution < 1.29 is 4.79 Å². The van der Waals surface area contributed by atoms with Gasteiger partial charge in [0, 0.05) is 28.8 Å². The molecule has 1 heterocycles. The first kappa shape index (κ1) is 16.3. The van der Waals surface area contributed by atoms with Gasteiger partial charge >= 0.3 is 0 Å². The van der Waals surface area contributed by atoms with Crippen LogP contribution >= 0.6 is 27.5 Å². The number of nitrogens with zero attached hydrogens (tertiary/aromatic N) is 1. The summed E-state index contributed by atoms with van der Waals surface area (Å²) < 4.78 is 0.947. The van der Waals surface area contributed by atoms with Gasteiger partial charge in [0.1, 0.15) is 0 Å². The monoisotopic (exact) mass is 392 g/mol. The van der Waals surface area contributed by atoms with Gasteiger partial charge in [-0.25, -0.2) is 0 Å². The zero-order valence-electron chi connectivity index (χ0n) is 12.7. The third-order valence-electron chi connectivity index (χ3n) is 4.01. The SMILES string of the molecule is O=C(Nc1ccc(N2CCCCC2)c(Cl)c1)c1ccc(Br)cc1. The molecule has 0 aromatic heterocycles. The van der Waals surface area contributed by atoms with Crippen molar-refractivity contribution in [3.05, 3.63) is 57.5 Å². The summed E-state index contributed by atoms with van der Waals surface area (Å²) >= 11 is 9.78. The molecule has 0 unspecified atom stereocenters. The Kier molecular flexibility index (Phi) is 5.23. The second-order valence-electron chi connectivity index (χ2n) is 5.67. The van der Waals surface area contributed by atoms with E-state index in [2.05, 4.69) is 26.1 Å². The fourth-order valence-corrected chi connectivity index (χ4v) is 3.34. The van der Waals surface area contributed by atoms with Crippen molar-refractivity contribution in [3.8, 4) is 0 Å². The molecule has 0 atom stereocenters. The maximum absolute atomic E-state index is 12.2. The highest BCUT2D eigenvalue weighted by Gasteiger charge is 2.14. The first-order valence-electron chi connectivity index (χ1n) is 7.75. The molecule has 0 saturated carbocycles. The van der Waals surface area contributed by atoms with Crippen molar-refractivity contribution in [1.29, 1.82) is 0 Å². The van der Waals surface area contributed by atoms with Gasteiger partial charge in [0.25, 0.3) is 5.91 Å². The molecular formula is C18H18BrClN2O. The maximum Gasteiger partial charge on any atom is 0.255 e. The van der Waals surface area contributed by atoms with Gasteiger partial charge in [-0.1, -0.05) is 27.5 Å². The lowest BCUT2D eigenvalue weighted by Gasteiger charge is -2.29. The Labute approximate surface area is 149 Å². The minimum Gasteiger partial charge on any atom is -0.370 e. The van der Waals surface area contributed by atoms with Gasteiger partial charge in [0.2, 0.25) is 0 Å². The van der Waals surface area contributed by atoms with Crippen LogP contribution in [-0.4, -0.2) is 19.0 Å². The van der Waals surface area contributed by atoms with Crippen molar-refractivity contribution >= 4 is 44.8 Å². The van der Waals surface area contributed by atoms with Crippen LogP contribution in [0.15, 0.2) is 46.9 Å². The van der Waals surface area contributed by atoms with Gasteiger partial charge in [0.15, 0.2) is 0 Å². The Hall–Kier alpha value is -1.52. The van der Waals surface area contributed by atoms with Crippen LogP contribution in [0.3, 0.4) is 0 Å². The van der Waals surface area contributed by atoms with Crippen LogP contribution in [0.4, 0.5) is 11.4 Å². The second-order valence-corrected chi connectivity index (χ2v) is 7.00. The largest absolute Gasteiger partial charge is 0.370 e. The minimum atomic E-state index is -0.140. The van der Waals surface area contributed by atoms with Crippen molar-refractivity contribution in [3.63, 3.8) is 0 Å². The summed E-state index contributed by atoms with van der Waals surface area (Å²) in [4.78, 5) is 14.6. The summed E-state index contributed by atoms with van der Waals surface area (Å²) in [6.45, 7) is 2.09. The number of carbonyl (C=O) groups is 1. The number of anilines is 2. The van der Waals surface area contributed by atoms with E-state index in [1.165, 1.54) is 19.3 Å². The van der Waals surface area contributed by atoms with Crippen molar-refractivity contribution in [1.82, 2.24) is 0 Å². The number of hydrogen-bond donors (Lipinski definition) is 1. The lowest BCUT2D eigenvalue weighted by Crippen LogP contribution is -2.29. The summed E-state index contributed by atoms with van der Waals surface area (Å²) in [5, 5.41) is 3.57. The van der Waals surface area contributed by atoms with E-state index in [0.29, 0.717) is 16.3 Å². The summed E-state index contributed by atoms with van der Waals surface area (Å²) in [7, 11) is 0. The van der Waals surface area contributed by atoms with Crippen molar-refractivity contribution in [2.75, 3.05) is 23.3 Å². The standard InChI is InChI=1S/C18H18BrClN2O/c19-14-6-4-13(5-7-14)18(23)21-15-8-9-17(16(20)12-15)22-10-2-1-3-11-22/h4-9,12H,1-3,10-11H2,(H,21,23). The van der Waals surface area contributed by atoms with Gasteiger partial charge in [-0.05, 0) is 61.7 Å². The molecule has 3 rings (SSSR count). The zero-order chi connectivity index (χ0) is 16.2. The fraction of sp³-hybridized carbons (Fsp3) is 0.278. The molecule has 3 nitrogen and oxygen atoms in total. The van der Waals surface area contributed by atoms with Gasteiger partial charge in [0.05, 0.1) is 10.7 Å². The van der Waals surface area contributed by atoms with Gasteiger partial charge in [-0.15, -0.1) is 0 Å². The van der Waals surface area contributed by atoms with Crippen molar-refractivity contribution in [2.24, 2.45) is 0 Å². The topological polar surface area (TPSA) is 32.3 Å². The third-order valence-corrected chi connectivity index (χ3v) is 4.84. The Morgan fingerprint density at radius 1 is 1.04 bits per heavy atom. The van der Waals surface area contributed by atoms with E-state index in [0.717, 1.165) is 23.2 Å². The molecule has 1 N–H and O–H groups in total. The molecule has 2 aromatic rings. The normalized spacial score (nSPS) is 14.6. The summed E-state index contributed by atoms with van der Waals surface area (Å²) in [5.74, 6) is -0.140. The molecule has 1 saturated heterocycles. The molecule has 5 heteroatoms. The number of benzene rings is 2. The van der Waals surface area contributed by atoms with E-state index in [1.54, 1.807) is 12.1 Å². The Morgan fingerprint density at radius 2 is 1.74 bits per heavy atom. The summed E-state index contributed by atoms with van der Waals surface area (Å²) in [6, 6.07) is 13.0. The van der Waals surface area contributed by atoms with E-state index < -0.39 is 0 Å². The number of piperidine rings is 1. The highest BCUT2D eigenvalue weighted by molar-refractivity contribution is 9.10. The lowest BCUT2D eigenvalue weighted by atomic mass is 10.1. The maximum atomic E-state index is 12.2. The van der Waals surface area contributed by atoms with Gasteiger partial charge in [-0.2, -0.15) is 0 Å². The smallest absolute Gasteiger partial charge is 0.255 e. The van der Waals surface area contributed by atoms with Crippen LogP contribution in [0.1, 0.15) is 29.6 Å². The molecule has 0 bridgehead atoms. The van der Waals surface area contributed by atoms with Crippen LogP contribution in [0.5, 0.6) is 0 Å². The number of halogens is 2. The van der Waals surface area contributed by atoms with Crippen molar-refractivity contribution in [2.45, 2.75) is 19.3 Å². The van der Waals surface area contributed by atoms with Gasteiger partial charge < -0.3 is 10.2 Å². The van der Waals surface area contributed by atoms with E-state index in [1.807, 2.05) is 30.3 Å². The predicted octanol–water partition coefficient (Wildman–Crippen LogP) is 5.35. The van der Waals surface area contributed by atoms with E-state index >= 15 is 0 Å². The number of amides is 1. The Bertz CT molecular complexity index is 697. The molecule has 0 spiro atoms. The second kappa shape index (κ2) is 7.37. The van der Waals surface area contributed by atoms with Crippen LogP contribution in [0, 0.1) is 0 Å². The molecule has 1 fully saturated rings. The van der Waals surface area contributed by atoms with Crippen LogP contribution in [0.25, 0.3) is 0 Å². The molecule has 0 aliphatic carbocycles. The summed E-state index contributed by atoms with van der Waals surface area (Å²) in [5.41, 5.74) is 2.38. The van der Waals surface area contributed by atoms with Crippen LogP contribution < -0.4 is 10.2 Å². The highest BCUT2D eigenvalue weighted by atomic mass is 79.9. The Morgan fingerprint density at radius 3 is 2.39 bits per heavy atom. The summed E-state index contributed by atoms with van der Waals surface area (Å²) in [6.07, 6.45) is 3.70. The predicted molar refractivity (Wildman–Crippen MR) is 99.6 cm³/mol.